The van der Waals surface area contributed by atoms with Gasteiger partial charge in [-0.3, -0.25) is 0 Å². The van der Waals surface area contributed by atoms with E-state index in [0.717, 1.165) is 36.1 Å². The second kappa shape index (κ2) is 10.0. The minimum Gasteiger partial charge on any atom is -0.497 e. The number of hydrogen-bond acceptors (Lipinski definition) is 5. The van der Waals surface area contributed by atoms with Crippen LogP contribution in [0.5, 0.6) is 5.75 Å². The van der Waals surface area contributed by atoms with Crippen LogP contribution in [0.1, 0.15) is 48.6 Å². The lowest BCUT2D eigenvalue weighted by Gasteiger charge is -2.34. The Hall–Kier alpha value is -3.11. The van der Waals surface area contributed by atoms with Crippen molar-refractivity contribution in [3.8, 4) is 11.4 Å². The number of hydrogen-bond donors (Lipinski definition) is 0. The summed E-state index contributed by atoms with van der Waals surface area (Å²) in [6, 6.07) is 6.49. The molecule has 6 nitrogen and oxygen atoms in total. The van der Waals surface area contributed by atoms with Gasteiger partial charge in [0.1, 0.15) is 11.4 Å². The molecule has 32 heavy (non-hydrogen) atoms. The third-order valence-corrected chi connectivity index (χ3v) is 6.53. The van der Waals surface area contributed by atoms with E-state index in [0.29, 0.717) is 0 Å². The molecule has 6 heteroatoms. The van der Waals surface area contributed by atoms with E-state index in [9.17, 15) is 0 Å². The van der Waals surface area contributed by atoms with E-state index in [-0.39, 0.29) is 6.15 Å². The fourth-order valence-corrected chi connectivity index (χ4v) is 4.93. The maximum Gasteiger partial charge on any atom is 0.373 e. The van der Waals surface area contributed by atoms with Gasteiger partial charge in [0, 0.05) is 36.1 Å². The van der Waals surface area contributed by atoms with E-state index in [1.54, 1.807) is 7.11 Å². The van der Waals surface area contributed by atoms with Crippen LogP contribution in [0.2, 0.25) is 0 Å². The number of carbonyl (C=O) groups excluding carboxylic acids is 2. The summed E-state index contributed by atoms with van der Waals surface area (Å²) in [4.78, 5) is 23.8. The smallest absolute Gasteiger partial charge is 0.373 e. The first-order valence-corrected chi connectivity index (χ1v) is 11.2. The molecule has 3 heterocycles. The minimum absolute atomic E-state index is 0.250. The Morgan fingerprint density at radius 3 is 2.16 bits per heavy atom. The predicted octanol–water partition coefficient (Wildman–Crippen LogP) is 5.31. The summed E-state index contributed by atoms with van der Waals surface area (Å²) in [7, 11) is 1.72. The summed E-state index contributed by atoms with van der Waals surface area (Å²) in [5, 5.41) is 1.29. The Bertz CT molecular complexity index is 1110. The molecule has 0 unspecified atom stereocenters. The van der Waals surface area contributed by atoms with Crippen molar-refractivity contribution in [2.45, 2.75) is 53.9 Å². The molecule has 2 aromatic heterocycles. The van der Waals surface area contributed by atoms with Crippen molar-refractivity contribution < 1.29 is 14.3 Å². The molecule has 0 amide bonds. The minimum atomic E-state index is 0.250. The molecule has 1 aromatic carbocycles. The van der Waals surface area contributed by atoms with Crippen molar-refractivity contribution in [2.75, 3.05) is 25.1 Å². The largest absolute Gasteiger partial charge is 0.497 e. The quantitative estimate of drug-likeness (QED) is 0.556. The van der Waals surface area contributed by atoms with Crippen LogP contribution in [0.15, 0.2) is 24.4 Å². The molecule has 4 rings (SSSR count). The maximum atomic E-state index is 8.12. The summed E-state index contributed by atoms with van der Waals surface area (Å²) in [6.45, 7) is 13.2. The van der Waals surface area contributed by atoms with Crippen molar-refractivity contribution in [1.82, 2.24) is 9.55 Å². The number of rotatable bonds is 4. The Labute approximate surface area is 190 Å². The molecule has 0 radical (unpaired) electrons. The molecule has 0 aliphatic carbocycles. The summed E-state index contributed by atoms with van der Waals surface area (Å²) in [5.41, 5.74) is 8.38. The van der Waals surface area contributed by atoms with Crippen LogP contribution < -0.4 is 9.64 Å². The maximum absolute atomic E-state index is 8.12. The van der Waals surface area contributed by atoms with Gasteiger partial charge >= 0.3 is 6.15 Å². The number of nitrogens with zero attached hydrogens (tertiary/aromatic N) is 3. The molecule has 0 spiro atoms. The van der Waals surface area contributed by atoms with Crippen molar-refractivity contribution in [1.29, 1.82) is 0 Å². The number of benzene rings is 1. The van der Waals surface area contributed by atoms with Gasteiger partial charge in [-0.2, -0.15) is 9.59 Å². The lowest BCUT2D eigenvalue weighted by Crippen LogP contribution is -2.33. The first-order chi connectivity index (χ1) is 15.3. The van der Waals surface area contributed by atoms with Crippen molar-refractivity contribution in [2.24, 2.45) is 5.92 Å². The molecule has 1 saturated heterocycles. The lowest BCUT2D eigenvalue weighted by atomic mass is 9.94. The van der Waals surface area contributed by atoms with Crippen LogP contribution in [-0.4, -0.2) is 35.9 Å². The molecular formula is C26H33N3O3. The Morgan fingerprint density at radius 2 is 1.62 bits per heavy atom. The van der Waals surface area contributed by atoms with Gasteiger partial charge < -0.3 is 14.2 Å². The zero-order chi connectivity index (χ0) is 23.4. The third kappa shape index (κ3) is 4.56. The monoisotopic (exact) mass is 435 g/mol. The highest BCUT2D eigenvalue weighted by Crippen LogP contribution is 2.36. The van der Waals surface area contributed by atoms with Crippen LogP contribution in [-0.2, 0) is 9.59 Å². The number of aryl methyl sites for hydroxylation is 4. The topological polar surface area (TPSA) is 64.4 Å². The molecule has 1 fully saturated rings. The standard InChI is InChI=1S/C25H33N3O.CO2/c1-7-20-8-10-27(11-9-20)22-14-19(5)26-25-23(22)18(4)15-28(25)24-16(2)12-21(29-6)13-17(24)3;2-1-3/h12-15,20H,7-11H2,1-6H3;. The molecule has 0 N–H and O–H groups in total. The van der Waals surface area contributed by atoms with E-state index in [1.165, 1.54) is 52.7 Å². The normalized spacial score (nSPS) is 14.1. The molecular weight excluding hydrogens is 402 g/mol. The molecule has 0 atom stereocenters. The average molecular weight is 436 g/mol. The number of methoxy groups -OCH3 is 1. The van der Waals surface area contributed by atoms with E-state index < -0.39 is 0 Å². The molecule has 170 valence electrons. The first kappa shape index (κ1) is 23.6. The van der Waals surface area contributed by atoms with E-state index in [4.69, 9.17) is 19.3 Å². The molecule has 1 aliphatic rings. The SMILES string of the molecule is CCC1CCN(c2cc(C)nc3c2c(C)cn3-c2c(C)cc(OC)cc2C)CC1.O=C=O. The summed E-state index contributed by atoms with van der Waals surface area (Å²) < 4.78 is 7.75. The van der Waals surface area contributed by atoms with E-state index in [2.05, 4.69) is 68.5 Å². The van der Waals surface area contributed by atoms with Gasteiger partial charge in [0.2, 0.25) is 0 Å². The number of aromatic nitrogens is 2. The Kier molecular flexibility index (Phi) is 7.37. The third-order valence-electron chi connectivity index (χ3n) is 6.53. The number of piperidine rings is 1. The van der Waals surface area contributed by atoms with E-state index >= 15 is 0 Å². The molecule has 1 aliphatic heterocycles. The summed E-state index contributed by atoms with van der Waals surface area (Å²) in [6.07, 6.45) is 6.37. The van der Waals surface area contributed by atoms with E-state index in [1.807, 2.05) is 0 Å². The van der Waals surface area contributed by atoms with Gasteiger partial charge in [0.05, 0.1) is 12.8 Å². The Balaban J connectivity index is 0.000000913. The van der Waals surface area contributed by atoms with Gasteiger partial charge in [0.15, 0.2) is 0 Å². The van der Waals surface area contributed by atoms with Crippen molar-refractivity contribution in [3.63, 3.8) is 0 Å². The molecule has 0 saturated carbocycles. The second-order valence-electron chi connectivity index (χ2n) is 8.70. The number of ether oxygens (including phenoxy) is 1. The van der Waals surface area contributed by atoms with Gasteiger partial charge in [-0.1, -0.05) is 13.3 Å². The first-order valence-electron chi connectivity index (χ1n) is 11.2. The fourth-order valence-electron chi connectivity index (χ4n) is 4.93. The number of fused-ring (bicyclic) bond motifs is 1. The zero-order valence-electron chi connectivity index (χ0n) is 20.0. The second-order valence-corrected chi connectivity index (χ2v) is 8.70. The van der Waals surface area contributed by atoms with Crippen LogP contribution in [0.4, 0.5) is 5.69 Å². The fraction of sp³-hybridized carbons (Fsp3) is 0.462. The highest BCUT2D eigenvalue weighted by Gasteiger charge is 2.23. The van der Waals surface area contributed by atoms with Crippen LogP contribution in [0.25, 0.3) is 16.7 Å². The van der Waals surface area contributed by atoms with Crippen LogP contribution in [0.3, 0.4) is 0 Å². The lowest BCUT2D eigenvalue weighted by molar-refractivity contribution is -0.191. The summed E-state index contributed by atoms with van der Waals surface area (Å²) in [5.74, 6) is 1.78. The van der Waals surface area contributed by atoms with Gasteiger partial charge in [-0.15, -0.1) is 0 Å². The average Bonchev–Trinajstić information content (AvgIpc) is 3.09. The van der Waals surface area contributed by atoms with Gasteiger partial charge in [0.25, 0.3) is 0 Å². The Morgan fingerprint density at radius 1 is 1.03 bits per heavy atom. The highest BCUT2D eigenvalue weighted by molar-refractivity contribution is 5.95. The molecule has 3 aromatic rings. The van der Waals surface area contributed by atoms with Crippen LogP contribution in [0, 0.1) is 33.6 Å². The molecule has 0 bridgehead atoms. The number of anilines is 1. The summed E-state index contributed by atoms with van der Waals surface area (Å²) >= 11 is 0. The number of pyridine rings is 1. The van der Waals surface area contributed by atoms with Gasteiger partial charge in [-0.05, 0) is 81.3 Å². The van der Waals surface area contributed by atoms with Gasteiger partial charge in [-0.25, -0.2) is 4.98 Å². The highest BCUT2D eigenvalue weighted by atomic mass is 16.5. The van der Waals surface area contributed by atoms with Crippen molar-refractivity contribution >= 4 is 22.9 Å². The predicted molar refractivity (Wildman–Crippen MR) is 127 cm³/mol. The zero-order valence-corrected chi connectivity index (χ0v) is 20.0. The van der Waals surface area contributed by atoms with Crippen molar-refractivity contribution in [3.05, 3.63) is 46.8 Å². The van der Waals surface area contributed by atoms with Crippen LogP contribution >= 0.6 is 0 Å².